The summed E-state index contributed by atoms with van der Waals surface area (Å²) in [4.78, 5) is 24.7. The second-order valence-corrected chi connectivity index (χ2v) is 4.44. The van der Waals surface area contributed by atoms with Gasteiger partial charge in [0.25, 0.3) is 5.56 Å². The standard InChI is InChI=1S/C12H19N5O2/c1-4-6-16-10-8(9(13-3)14-15-10)11(18)17(7-5-2)12(16)19/h4-7H2,1-3H3,(H2,13,14,15). The number of nitrogens with zero attached hydrogens (tertiary/aromatic N) is 3. The van der Waals surface area contributed by atoms with Gasteiger partial charge in [0.1, 0.15) is 11.2 Å². The molecule has 0 aliphatic heterocycles. The third-order valence-electron chi connectivity index (χ3n) is 3.07. The van der Waals surface area contributed by atoms with Gasteiger partial charge in [0.2, 0.25) is 0 Å². The van der Waals surface area contributed by atoms with Crippen LogP contribution in [0.5, 0.6) is 0 Å². The molecule has 0 saturated carbocycles. The van der Waals surface area contributed by atoms with E-state index in [1.54, 1.807) is 11.6 Å². The second-order valence-electron chi connectivity index (χ2n) is 4.44. The molecule has 0 fully saturated rings. The summed E-state index contributed by atoms with van der Waals surface area (Å²) in [5.74, 6) is 0.551. The Morgan fingerprint density at radius 2 is 1.79 bits per heavy atom. The number of aromatic nitrogens is 4. The summed E-state index contributed by atoms with van der Waals surface area (Å²) < 4.78 is 2.85. The first kappa shape index (κ1) is 13.4. The van der Waals surface area contributed by atoms with Crippen molar-refractivity contribution in [2.75, 3.05) is 12.4 Å². The molecule has 0 radical (unpaired) electrons. The van der Waals surface area contributed by atoms with Crippen LogP contribution in [0.3, 0.4) is 0 Å². The Morgan fingerprint density at radius 1 is 1.16 bits per heavy atom. The van der Waals surface area contributed by atoms with Gasteiger partial charge in [-0.2, -0.15) is 5.10 Å². The van der Waals surface area contributed by atoms with E-state index in [0.717, 1.165) is 12.8 Å². The van der Waals surface area contributed by atoms with Crippen molar-refractivity contribution in [3.8, 4) is 0 Å². The summed E-state index contributed by atoms with van der Waals surface area (Å²) in [5, 5.41) is 10.2. The molecule has 0 amide bonds. The van der Waals surface area contributed by atoms with Gasteiger partial charge in [-0.3, -0.25) is 19.0 Å². The van der Waals surface area contributed by atoms with Gasteiger partial charge in [-0.1, -0.05) is 13.8 Å². The first-order valence-corrected chi connectivity index (χ1v) is 6.55. The molecule has 104 valence electrons. The van der Waals surface area contributed by atoms with E-state index in [1.165, 1.54) is 4.57 Å². The Bertz CT molecular complexity index is 694. The Hall–Kier alpha value is -2.05. The summed E-state index contributed by atoms with van der Waals surface area (Å²) in [5.41, 5.74) is -0.142. The number of hydrogen-bond acceptors (Lipinski definition) is 4. The molecule has 0 aromatic carbocycles. The van der Waals surface area contributed by atoms with Crippen molar-refractivity contribution in [2.45, 2.75) is 39.8 Å². The van der Waals surface area contributed by atoms with Gasteiger partial charge in [-0.15, -0.1) is 0 Å². The lowest BCUT2D eigenvalue weighted by atomic mass is 10.3. The van der Waals surface area contributed by atoms with Gasteiger partial charge in [0.05, 0.1) is 0 Å². The van der Waals surface area contributed by atoms with Crippen LogP contribution < -0.4 is 16.6 Å². The summed E-state index contributed by atoms with van der Waals surface area (Å²) in [7, 11) is 1.71. The zero-order valence-corrected chi connectivity index (χ0v) is 11.5. The average Bonchev–Trinajstić information content (AvgIpc) is 2.83. The molecule has 0 saturated heterocycles. The van der Waals surface area contributed by atoms with E-state index in [1.807, 2.05) is 13.8 Å². The number of aryl methyl sites for hydroxylation is 1. The predicted octanol–water partition coefficient (Wildman–Crippen LogP) is 0.748. The van der Waals surface area contributed by atoms with Crippen molar-refractivity contribution in [1.82, 2.24) is 19.3 Å². The summed E-state index contributed by atoms with van der Waals surface area (Å²) >= 11 is 0. The van der Waals surface area contributed by atoms with Crippen LogP contribution in [0.2, 0.25) is 0 Å². The molecule has 0 atom stereocenters. The number of aromatic amines is 1. The lowest BCUT2D eigenvalue weighted by Gasteiger charge is -2.09. The molecule has 7 nitrogen and oxygen atoms in total. The zero-order valence-electron chi connectivity index (χ0n) is 11.5. The molecule has 0 aliphatic carbocycles. The lowest BCUT2D eigenvalue weighted by Crippen LogP contribution is -2.40. The summed E-state index contributed by atoms with van der Waals surface area (Å²) in [6.07, 6.45) is 1.54. The van der Waals surface area contributed by atoms with Crippen LogP contribution >= 0.6 is 0 Å². The average molecular weight is 265 g/mol. The highest BCUT2D eigenvalue weighted by Crippen LogP contribution is 2.14. The number of H-pyrrole nitrogens is 1. The number of anilines is 1. The minimum Gasteiger partial charge on any atom is -0.373 e. The van der Waals surface area contributed by atoms with E-state index in [0.29, 0.717) is 29.9 Å². The number of rotatable bonds is 5. The van der Waals surface area contributed by atoms with Crippen molar-refractivity contribution in [2.24, 2.45) is 0 Å². The van der Waals surface area contributed by atoms with Gasteiger partial charge >= 0.3 is 5.69 Å². The smallest absolute Gasteiger partial charge is 0.332 e. The van der Waals surface area contributed by atoms with Gasteiger partial charge in [-0.05, 0) is 12.8 Å². The van der Waals surface area contributed by atoms with Crippen LogP contribution in [0.15, 0.2) is 9.59 Å². The predicted molar refractivity (Wildman–Crippen MR) is 74.7 cm³/mol. The molecule has 2 rings (SSSR count). The largest absolute Gasteiger partial charge is 0.373 e. The number of hydrogen-bond donors (Lipinski definition) is 2. The molecule has 0 spiro atoms. The molecule has 2 heterocycles. The zero-order chi connectivity index (χ0) is 14.0. The molecule has 0 unspecified atom stereocenters. The molecule has 2 N–H and O–H groups in total. The van der Waals surface area contributed by atoms with E-state index in [4.69, 9.17) is 0 Å². The Labute approximate surface area is 110 Å². The number of fused-ring (bicyclic) bond motifs is 1. The first-order chi connectivity index (χ1) is 9.15. The van der Waals surface area contributed by atoms with E-state index >= 15 is 0 Å². The molecular formula is C12H19N5O2. The quantitative estimate of drug-likeness (QED) is 0.835. The normalized spacial score (nSPS) is 11.1. The second kappa shape index (κ2) is 5.29. The fourth-order valence-electron chi connectivity index (χ4n) is 2.22. The molecule has 7 heteroatoms. The Balaban J connectivity index is 2.88. The number of nitrogens with one attached hydrogen (secondary N) is 2. The van der Waals surface area contributed by atoms with Crippen LogP contribution in [0, 0.1) is 0 Å². The monoisotopic (exact) mass is 265 g/mol. The fourth-order valence-corrected chi connectivity index (χ4v) is 2.22. The highest BCUT2D eigenvalue weighted by molar-refractivity contribution is 5.86. The van der Waals surface area contributed by atoms with E-state index in [-0.39, 0.29) is 11.2 Å². The first-order valence-electron chi connectivity index (χ1n) is 6.55. The maximum atomic E-state index is 12.4. The minimum atomic E-state index is -0.285. The molecule has 0 aliphatic rings. The summed E-state index contributed by atoms with van der Waals surface area (Å²) in [6.45, 7) is 4.90. The van der Waals surface area contributed by atoms with Crippen molar-refractivity contribution in [3.63, 3.8) is 0 Å². The highest BCUT2D eigenvalue weighted by Gasteiger charge is 2.17. The van der Waals surface area contributed by atoms with Crippen LogP contribution in [0.25, 0.3) is 11.0 Å². The van der Waals surface area contributed by atoms with Crippen LogP contribution in [0.4, 0.5) is 5.82 Å². The third kappa shape index (κ3) is 2.05. The minimum absolute atomic E-state index is 0.282. The molecule has 19 heavy (non-hydrogen) atoms. The maximum Gasteiger partial charge on any atom is 0.332 e. The van der Waals surface area contributed by atoms with Gasteiger partial charge in [0, 0.05) is 20.1 Å². The van der Waals surface area contributed by atoms with Crippen LogP contribution in [-0.4, -0.2) is 26.4 Å². The summed E-state index contributed by atoms with van der Waals surface area (Å²) in [6, 6.07) is 0. The van der Waals surface area contributed by atoms with Gasteiger partial charge in [0.15, 0.2) is 5.65 Å². The van der Waals surface area contributed by atoms with E-state index in [2.05, 4.69) is 15.5 Å². The van der Waals surface area contributed by atoms with E-state index in [9.17, 15) is 9.59 Å². The van der Waals surface area contributed by atoms with Gasteiger partial charge < -0.3 is 5.32 Å². The van der Waals surface area contributed by atoms with Crippen molar-refractivity contribution in [1.29, 1.82) is 0 Å². The van der Waals surface area contributed by atoms with Crippen molar-refractivity contribution >= 4 is 16.9 Å². The van der Waals surface area contributed by atoms with Gasteiger partial charge in [-0.25, -0.2) is 4.79 Å². The van der Waals surface area contributed by atoms with Crippen molar-refractivity contribution < 1.29 is 0 Å². The molecule has 2 aromatic heterocycles. The Morgan fingerprint density at radius 3 is 2.37 bits per heavy atom. The fraction of sp³-hybridized carbons (Fsp3) is 0.583. The van der Waals surface area contributed by atoms with E-state index < -0.39 is 0 Å². The van der Waals surface area contributed by atoms with Crippen LogP contribution in [0.1, 0.15) is 26.7 Å². The molecule has 2 aromatic rings. The lowest BCUT2D eigenvalue weighted by molar-refractivity contribution is 0.555. The topological polar surface area (TPSA) is 84.7 Å². The maximum absolute atomic E-state index is 12.4. The Kier molecular flexibility index (Phi) is 3.73. The SMILES string of the molecule is CCCn1c(=O)c2c(NC)[nH]nc2n(CCC)c1=O. The van der Waals surface area contributed by atoms with Crippen molar-refractivity contribution in [3.05, 3.63) is 20.8 Å². The molecule has 0 bridgehead atoms. The highest BCUT2D eigenvalue weighted by atomic mass is 16.2. The third-order valence-corrected chi connectivity index (χ3v) is 3.07. The molecular weight excluding hydrogens is 246 g/mol. The van der Waals surface area contributed by atoms with Crippen LogP contribution in [-0.2, 0) is 13.1 Å².